The van der Waals surface area contributed by atoms with Gasteiger partial charge in [0.2, 0.25) is 5.82 Å². The van der Waals surface area contributed by atoms with E-state index < -0.39 is 12.0 Å². The molecule has 0 saturated heterocycles. The van der Waals surface area contributed by atoms with Gasteiger partial charge in [0, 0.05) is 0 Å². The number of hydrogen-bond acceptors (Lipinski definition) is 5. The zero-order chi connectivity index (χ0) is 11.5. The van der Waals surface area contributed by atoms with Crippen molar-refractivity contribution >= 4 is 5.97 Å². The third-order valence-corrected chi connectivity index (χ3v) is 2.12. The van der Waals surface area contributed by atoms with Gasteiger partial charge in [-0.3, -0.25) is 0 Å². The van der Waals surface area contributed by atoms with E-state index >= 15 is 0 Å². The molecule has 2 aromatic heterocycles. The van der Waals surface area contributed by atoms with Crippen LogP contribution in [-0.4, -0.2) is 31.3 Å². The van der Waals surface area contributed by atoms with Gasteiger partial charge in [-0.15, -0.1) is 15.0 Å². The molecule has 2 rings (SSSR count). The molecule has 1 N–H and O–H groups in total. The van der Waals surface area contributed by atoms with Crippen LogP contribution in [0, 0.1) is 0 Å². The number of rotatable bonds is 4. The van der Waals surface area contributed by atoms with Gasteiger partial charge >= 0.3 is 5.97 Å². The summed E-state index contributed by atoms with van der Waals surface area (Å²) in [6, 6.07) is 2.59. The van der Waals surface area contributed by atoms with Crippen molar-refractivity contribution in [3.63, 3.8) is 0 Å². The van der Waals surface area contributed by atoms with Gasteiger partial charge in [0.05, 0.1) is 6.26 Å². The molecule has 0 aliphatic heterocycles. The molecule has 7 nitrogen and oxygen atoms in total. The zero-order valence-corrected chi connectivity index (χ0v) is 8.57. The fraction of sp³-hybridized carbons (Fsp3) is 0.333. The molecule has 0 aliphatic rings. The molecule has 2 heterocycles. The third-order valence-electron chi connectivity index (χ3n) is 2.12. The standard InChI is InChI=1S/C9H10N4O3/c1-2-6(9(14)15)13-11-8(10-12-13)7-4-3-5-16-7/h3-6H,2H2,1H3,(H,14,15). The Kier molecular flexibility index (Phi) is 2.67. The van der Waals surface area contributed by atoms with Gasteiger partial charge < -0.3 is 9.52 Å². The maximum Gasteiger partial charge on any atom is 0.330 e. The van der Waals surface area contributed by atoms with Crippen molar-refractivity contribution in [2.75, 3.05) is 0 Å². The summed E-state index contributed by atoms with van der Waals surface area (Å²) in [4.78, 5) is 12.0. The fourth-order valence-corrected chi connectivity index (χ4v) is 1.30. The molecule has 2 aromatic rings. The molecule has 0 saturated carbocycles. The summed E-state index contributed by atoms with van der Waals surface area (Å²) >= 11 is 0. The summed E-state index contributed by atoms with van der Waals surface area (Å²) in [7, 11) is 0. The first kappa shape index (κ1) is 10.3. The quantitative estimate of drug-likeness (QED) is 0.828. The number of nitrogens with zero attached hydrogens (tertiary/aromatic N) is 4. The van der Waals surface area contributed by atoms with Crippen molar-refractivity contribution in [2.45, 2.75) is 19.4 Å². The Morgan fingerprint density at radius 2 is 2.50 bits per heavy atom. The van der Waals surface area contributed by atoms with E-state index in [4.69, 9.17) is 9.52 Å². The summed E-state index contributed by atoms with van der Waals surface area (Å²) in [5.74, 6) is -0.234. The van der Waals surface area contributed by atoms with Crippen LogP contribution in [0.4, 0.5) is 0 Å². The smallest absolute Gasteiger partial charge is 0.330 e. The molecule has 0 aromatic carbocycles. The average Bonchev–Trinajstić information content (AvgIpc) is 2.86. The zero-order valence-electron chi connectivity index (χ0n) is 8.57. The fourth-order valence-electron chi connectivity index (χ4n) is 1.30. The predicted molar refractivity (Wildman–Crippen MR) is 52.5 cm³/mol. The van der Waals surface area contributed by atoms with E-state index in [1.807, 2.05) is 0 Å². The van der Waals surface area contributed by atoms with Gasteiger partial charge in [0.25, 0.3) is 0 Å². The normalized spacial score (nSPS) is 12.6. The Morgan fingerprint density at radius 1 is 1.69 bits per heavy atom. The second-order valence-corrected chi connectivity index (χ2v) is 3.17. The van der Waals surface area contributed by atoms with E-state index in [9.17, 15) is 4.79 Å². The van der Waals surface area contributed by atoms with Gasteiger partial charge in [-0.05, 0) is 23.8 Å². The SMILES string of the molecule is CCC(C(=O)O)n1nnc(-c2ccco2)n1. The van der Waals surface area contributed by atoms with Crippen molar-refractivity contribution in [3.05, 3.63) is 18.4 Å². The highest BCUT2D eigenvalue weighted by Gasteiger charge is 2.21. The number of hydrogen-bond donors (Lipinski definition) is 1. The van der Waals surface area contributed by atoms with Crippen LogP contribution in [0.25, 0.3) is 11.6 Å². The molecule has 7 heteroatoms. The first-order chi connectivity index (χ1) is 7.72. The predicted octanol–water partition coefficient (Wildman–Crippen LogP) is 0.969. The number of furan rings is 1. The molecule has 1 atom stereocenters. The van der Waals surface area contributed by atoms with E-state index in [0.717, 1.165) is 4.80 Å². The molecule has 16 heavy (non-hydrogen) atoms. The third kappa shape index (κ3) is 1.79. The van der Waals surface area contributed by atoms with Crippen LogP contribution in [0.3, 0.4) is 0 Å². The molecular weight excluding hydrogens is 212 g/mol. The lowest BCUT2D eigenvalue weighted by molar-refractivity contribution is -0.141. The van der Waals surface area contributed by atoms with Crippen LogP contribution in [0.15, 0.2) is 22.8 Å². The first-order valence-corrected chi connectivity index (χ1v) is 4.78. The van der Waals surface area contributed by atoms with Crippen LogP contribution < -0.4 is 0 Å². The van der Waals surface area contributed by atoms with Crippen LogP contribution in [0.2, 0.25) is 0 Å². The molecule has 84 valence electrons. The molecular formula is C9H10N4O3. The van der Waals surface area contributed by atoms with Crippen molar-refractivity contribution in [1.29, 1.82) is 0 Å². The number of carbonyl (C=O) groups is 1. The van der Waals surface area contributed by atoms with Gasteiger partial charge in [0.15, 0.2) is 11.8 Å². The van der Waals surface area contributed by atoms with Crippen molar-refractivity contribution in [1.82, 2.24) is 20.2 Å². The molecule has 0 amide bonds. The number of tetrazole rings is 1. The van der Waals surface area contributed by atoms with Gasteiger partial charge in [-0.2, -0.15) is 0 Å². The van der Waals surface area contributed by atoms with Gasteiger partial charge in [0.1, 0.15) is 0 Å². The van der Waals surface area contributed by atoms with E-state index in [0.29, 0.717) is 12.2 Å². The molecule has 0 fully saturated rings. The number of carboxylic acids is 1. The monoisotopic (exact) mass is 222 g/mol. The second-order valence-electron chi connectivity index (χ2n) is 3.17. The van der Waals surface area contributed by atoms with E-state index in [1.165, 1.54) is 6.26 Å². The maximum atomic E-state index is 10.9. The summed E-state index contributed by atoms with van der Waals surface area (Å²) in [6.45, 7) is 1.74. The van der Waals surface area contributed by atoms with E-state index in [1.54, 1.807) is 19.1 Å². The Bertz CT molecular complexity index is 477. The van der Waals surface area contributed by atoms with Gasteiger partial charge in [-0.1, -0.05) is 6.92 Å². The highest BCUT2D eigenvalue weighted by molar-refractivity contribution is 5.71. The minimum Gasteiger partial charge on any atom is -0.480 e. The maximum absolute atomic E-state index is 10.9. The lowest BCUT2D eigenvalue weighted by atomic mass is 10.2. The first-order valence-electron chi connectivity index (χ1n) is 4.78. The summed E-state index contributed by atoms with van der Waals surface area (Å²) in [5.41, 5.74) is 0. The van der Waals surface area contributed by atoms with E-state index in [2.05, 4.69) is 15.4 Å². The Balaban J connectivity index is 2.29. The number of aromatic nitrogens is 4. The number of carboxylic acid groups (broad SMARTS) is 1. The average molecular weight is 222 g/mol. The largest absolute Gasteiger partial charge is 0.480 e. The van der Waals surface area contributed by atoms with Crippen molar-refractivity contribution in [3.8, 4) is 11.6 Å². The summed E-state index contributed by atoms with van der Waals surface area (Å²) in [5, 5.41) is 20.3. The van der Waals surface area contributed by atoms with Crippen LogP contribution in [0.1, 0.15) is 19.4 Å². The van der Waals surface area contributed by atoms with Crippen molar-refractivity contribution < 1.29 is 14.3 Å². The number of aliphatic carboxylic acids is 1. The van der Waals surface area contributed by atoms with Gasteiger partial charge in [-0.25, -0.2) is 4.79 Å². The van der Waals surface area contributed by atoms with Crippen LogP contribution in [-0.2, 0) is 4.79 Å². The van der Waals surface area contributed by atoms with E-state index in [-0.39, 0.29) is 5.82 Å². The lowest BCUT2D eigenvalue weighted by Crippen LogP contribution is -2.20. The highest BCUT2D eigenvalue weighted by atomic mass is 16.4. The Labute approximate surface area is 90.7 Å². The second kappa shape index (κ2) is 4.13. The highest BCUT2D eigenvalue weighted by Crippen LogP contribution is 2.15. The molecule has 1 unspecified atom stereocenters. The summed E-state index contributed by atoms with van der Waals surface area (Å²) in [6.07, 6.45) is 1.88. The molecule has 0 radical (unpaired) electrons. The molecule has 0 aliphatic carbocycles. The van der Waals surface area contributed by atoms with Crippen molar-refractivity contribution in [2.24, 2.45) is 0 Å². The molecule has 0 spiro atoms. The minimum absolute atomic E-state index is 0.282. The summed E-state index contributed by atoms with van der Waals surface area (Å²) < 4.78 is 5.08. The molecule has 0 bridgehead atoms. The topological polar surface area (TPSA) is 94.0 Å². The van der Waals surface area contributed by atoms with Crippen LogP contribution >= 0.6 is 0 Å². The Hall–Kier alpha value is -2.18. The van der Waals surface area contributed by atoms with Crippen LogP contribution in [0.5, 0.6) is 0 Å². The lowest BCUT2D eigenvalue weighted by Gasteiger charge is -2.05. The Morgan fingerprint density at radius 3 is 3.06 bits per heavy atom. The minimum atomic E-state index is -0.981.